The molecule has 2 heterocycles. The molecule has 1 aromatic heterocycles. The minimum atomic E-state index is -0.213. The topological polar surface area (TPSA) is 57.3 Å². The summed E-state index contributed by atoms with van der Waals surface area (Å²) in [6.45, 7) is 1.97. The maximum absolute atomic E-state index is 11.1. The molecule has 0 radical (unpaired) electrons. The Morgan fingerprint density at radius 2 is 2.40 bits per heavy atom. The van der Waals surface area contributed by atoms with Gasteiger partial charge in [0.05, 0.1) is 5.69 Å². The zero-order chi connectivity index (χ0) is 10.8. The van der Waals surface area contributed by atoms with Crippen LogP contribution in [0.1, 0.15) is 10.6 Å². The van der Waals surface area contributed by atoms with E-state index in [0.717, 1.165) is 25.2 Å². The lowest BCUT2D eigenvalue weighted by Crippen LogP contribution is -2.25. The van der Waals surface area contributed by atoms with E-state index in [2.05, 4.69) is 27.6 Å². The summed E-state index contributed by atoms with van der Waals surface area (Å²) >= 11 is 1.56. The Bertz CT molecular complexity index is 376. The van der Waals surface area contributed by atoms with Gasteiger partial charge < -0.3 is 10.2 Å². The van der Waals surface area contributed by atoms with Crippen molar-refractivity contribution in [2.24, 2.45) is 0 Å². The molecular weight excluding hydrogens is 212 g/mol. The molecule has 0 atom stereocenters. The molecule has 0 spiro atoms. The fourth-order valence-corrected chi connectivity index (χ4v) is 2.62. The number of hydrogen-bond acceptors (Lipinski definition) is 4. The Labute approximate surface area is 92.5 Å². The van der Waals surface area contributed by atoms with Crippen LogP contribution in [0.4, 0.5) is 9.93 Å². The molecule has 1 aliphatic rings. The van der Waals surface area contributed by atoms with Gasteiger partial charge in [0.1, 0.15) is 0 Å². The van der Waals surface area contributed by atoms with Gasteiger partial charge in [-0.25, -0.2) is 9.78 Å². The van der Waals surface area contributed by atoms with E-state index in [1.54, 1.807) is 18.4 Å². The van der Waals surface area contributed by atoms with E-state index in [4.69, 9.17) is 0 Å². The molecule has 0 aliphatic carbocycles. The lowest BCUT2D eigenvalue weighted by molar-refractivity contribution is 0.254. The molecule has 1 aromatic rings. The fraction of sp³-hybridized carbons (Fsp3) is 0.556. The number of aromatic nitrogens is 1. The Balaban J connectivity index is 2.12. The van der Waals surface area contributed by atoms with Gasteiger partial charge in [0, 0.05) is 31.4 Å². The average Bonchev–Trinajstić information content (AvgIpc) is 2.59. The van der Waals surface area contributed by atoms with Crippen molar-refractivity contribution < 1.29 is 4.79 Å². The van der Waals surface area contributed by atoms with Gasteiger partial charge in [0.15, 0.2) is 5.13 Å². The van der Waals surface area contributed by atoms with Crippen molar-refractivity contribution in [1.29, 1.82) is 0 Å². The van der Waals surface area contributed by atoms with Crippen molar-refractivity contribution in [1.82, 2.24) is 15.2 Å². The maximum Gasteiger partial charge on any atom is 0.320 e. The SMILES string of the molecule is CNC(=O)Nc1nc2c(s1)CN(C)CC2. The number of amides is 2. The Hall–Kier alpha value is -1.14. The predicted octanol–water partition coefficient (Wildman–Crippen LogP) is 0.882. The third kappa shape index (κ3) is 2.27. The molecule has 0 aromatic carbocycles. The molecule has 6 heteroatoms. The van der Waals surface area contributed by atoms with Gasteiger partial charge in [0.25, 0.3) is 0 Å². The molecule has 0 unspecified atom stereocenters. The molecule has 0 saturated carbocycles. The molecule has 2 amide bonds. The number of carbonyl (C=O) groups is 1. The predicted molar refractivity (Wildman–Crippen MR) is 60.2 cm³/mol. The van der Waals surface area contributed by atoms with Gasteiger partial charge in [-0.05, 0) is 7.05 Å². The number of nitrogens with zero attached hydrogens (tertiary/aromatic N) is 2. The highest BCUT2D eigenvalue weighted by Gasteiger charge is 2.18. The summed E-state index contributed by atoms with van der Waals surface area (Å²) in [5.41, 5.74) is 1.13. The van der Waals surface area contributed by atoms with E-state index in [1.165, 1.54) is 4.88 Å². The van der Waals surface area contributed by atoms with Crippen LogP contribution in [0.25, 0.3) is 0 Å². The quantitative estimate of drug-likeness (QED) is 0.747. The standard InChI is InChI=1S/C9H14N4OS/c1-10-8(14)12-9-11-6-3-4-13(2)5-7(6)15-9/h3-5H2,1-2H3,(H2,10,11,12,14). The van der Waals surface area contributed by atoms with E-state index in [-0.39, 0.29) is 6.03 Å². The summed E-state index contributed by atoms with van der Waals surface area (Å²) in [5, 5.41) is 5.90. The highest BCUT2D eigenvalue weighted by atomic mass is 32.1. The molecule has 0 fully saturated rings. The highest BCUT2D eigenvalue weighted by molar-refractivity contribution is 7.15. The summed E-state index contributed by atoms with van der Waals surface area (Å²) in [7, 11) is 3.69. The van der Waals surface area contributed by atoms with Gasteiger partial charge >= 0.3 is 6.03 Å². The lowest BCUT2D eigenvalue weighted by atomic mass is 10.2. The number of nitrogens with one attached hydrogen (secondary N) is 2. The van der Waals surface area contributed by atoms with Crippen LogP contribution < -0.4 is 10.6 Å². The smallest absolute Gasteiger partial charge is 0.320 e. The van der Waals surface area contributed by atoms with E-state index in [1.807, 2.05) is 0 Å². The summed E-state index contributed by atoms with van der Waals surface area (Å²) in [6, 6.07) is -0.213. The minimum absolute atomic E-state index is 0.213. The summed E-state index contributed by atoms with van der Waals surface area (Å²) in [5.74, 6) is 0. The van der Waals surface area contributed by atoms with Crippen LogP contribution in [0, 0.1) is 0 Å². The number of rotatable bonds is 1. The van der Waals surface area contributed by atoms with Gasteiger partial charge in [-0.3, -0.25) is 5.32 Å². The Kier molecular flexibility index (Phi) is 2.88. The highest BCUT2D eigenvalue weighted by Crippen LogP contribution is 2.27. The van der Waals surface area contributed by atoms with Crippen LogP contribution in [0.15, 0.2) is 0 Å². The number of likely N-dealkylation sites (N-methyl/N-ethyl adjacent to an activating group) is 1. The third-order valence-corrected chi connectivity index (χ3v) is 3.37. The molecule has 1 aliphatic heterocycles. The molecule has 2 N–H and O–H groups in total. The molecular formula is C9H14N4OS. The first-order valence-corrected chi connectivity index (χ1v) is 5.66. The molecule has 0 saturated heterocycles. The summed E-state index contributed by atoms with van der Waals surface area (Å²) < 4.78 is 0. The molecule has 2 rings (SSSR count). The van der Waals surface area contributed by atoms with Gasteiger partial charge in [0.2, 0.25) is 0 Å². The van der Waals surface area contributed by atoms with E-state index in [0.29, 0.717) is 5.13 Å². The zero-order valence-corrected chi connectivity index (χ0v) is 9.65. The number of thiazole rings is 1. The molecule has 0 bridgehead atoms. The van der Waals surface area contributed by atoms with Crippen LogP contribution in [0.5, 0.6) is 0 Å². The van der Waals surface area contributed by atoms with E-state index < -0.39 is 0 Å². The van der Waals surface area contributed by atoms with Crippen molar-refractivity contribution in [3.05, 3.63) is 10.6 Å². The van der Waals surface area contributed by atoms with Crippen LogP contribution in [-0.2, 0) is 13.0 Å². The number of urea groups is 1. The monoisotopic (exact) mass is 226 g/mol. The first-order chi connectivity index (χ1) is 7.19. The van der Waals surface area contributed by atoms with Gasteiger partial charge in [-0.1, -0.05) is 0 Å². The van der Waals surface area contributed by atoms with Gasteiger partial charge in [-0.2, -0.15) is 0 Å². The number of hydrogen-bond donors (Lipinski definition) is 2. The Morgan fingerprint density at radius 3 is 3.13 bits per heavy atom. The summed E-state index contributed by atoms with van der Waals surface area (Å²) in [4.78, 5) is 19.0. The number of carbonyl (C=O) groups excluding carboxylic acids is 1. The molecule has 5 nitrogen and oxygen atoms in total. The van der Waals surface area contributed by atoms with Crippen LogP contribution in [0.2, 0.25) is 0 Å². The maximum atomic E-state index is 11.1. The fourth-order valence-electron chi connectivity index (χ4n) is 1.54. The van der Waals surface area contributed by atoms with E-state index >= 15 is 0 Å². The van der Waals surface area contributed by atoms with Crippen molar-refractivity contribution in [3.8, 4) is 0 Å². The van der Waals surface area contributed by atoms with Crippen LogP contribution in [-0.4, -0.2) is 36.6 Å². The minimum Gasteiger partial charge on any atom is -0.341 e. The lowest BCUT2D eigenvalue weighted by Gasteiger charge is -2.20. The first kappa shape index (κ1) is 10.4. The second-order valence-electron chi connectivity index (χ2n) is 3.58. The largest absolute Gasteiger partial charge is 0.341 e. The normalized spacial score (nSPS) is 15.9. The number of anilines is 1. The van der Waals surface area contributed by atoms with Crippen molar-refractivity contribution in [2.45, 2.75) is 13.0 Å². The average molecular weight is 226 g/mol. The zero-order valence-electron chi connectivity index (χ0n) is 8.83. The van der Waals surface area contributed by atoms with Crippen LogP contribution in [0.3, 0.4) is 0 Å². The molecule has 15 heavy (non-hydrogen) atoms. The van der Waals surface area contributed by atoms with Crippen molar-refractivity contribution >= 4 is 22.5 Å². The van der Waals surface area contributed by atoms with E-state index in [9.17, 15) is 4.79 Å². The van der Waals surface area contributed by atoms with Crippen LogP contribution >= 0.6 is 11.3 Å². The van der Waals surface area contributed by atoms with Crippen molar-refractivity contribution in [3.63, 3.8) is 0 Å². The second-order valence-corrected chi connectivity index (χ2v) is 4.66. The van der Waals surface area contributed by atoms with Gasteiger partial charge in [-0.15, -0.1) is 11.3 Å². The third-order valence-electron chi connectivity index (χ3n) is 2.37. The molecule has 82 valence electrons. The Morgan fingerprint density at radius 1 is 1.60 bits per heavy atom. The summed E-state index contributed by atoms with van der Waals surface area (Å²) in [6.07, 6.45) is 0.970. The number of fused-ring (bicyclic) bond motifs is 1. The van der Waals surface area contributed by atoms with Crippen molar-refractivity contribution in [2.75, 3.05) is 26.0 Å². The first-order valence-electron chi connectivity index (χ1n) is 4.85. The second kappa shape index (κ2) is 4.16.